The minimum absolute atomic E-state index is 0.211. The molecule has 18 heavy (non-hydrogen) atoms. The first-order chi connectivity index (χ1) is 8.47. The van der Waals surface area contributed by atoms with Crippen LogP contribution >= 0.6 is 0 Å². The van der Waals surface area contributed by atoms with E-state index in [2.05, 4.69) is 0 Å². The smallest absolute Gasteiger partial charge is 0.226 e. The third-order valence-corrected chi connectivity index (χ3v) is 6.20. The Labute approximate surface area is 109 Å². The monoisotopic (exact) mass is 271 g/mol. The standard InChI is InChI=1S/C13H21NO3S/c1-18(16,17)11-6-7-14(8-11)13(15)12(9-2-3-9)10-4-5-10/h9-12H,2-8H2,1H3. The molecule has 2 saturated carbocycles. The van der Waals surface area contributed by atoms with Crippen LogP contribution in [0.2, 0.25) is 0 Å². The average Bonchev–Trinajstić information content (AvgIpc) is 3.20. The van der Waals surface area contributed by atoms with Crippen molar-refractivity contribution < 1.29 is 13.2 Å². The fraction of sp³-hybridized carbons (Fsp3) is 0.923. The van der Waals surface area contributed by atoms with Crippen LogP contribution in [-0.2, 0) is 14.6 Å². The van der Waals surface area contributed by atoms with Gasteiger partial charge in [0.15, 0.2) is 9.84 Å². The Morgan fingerprint density at radius 2 is 1.67 bits per heavy atom. The van der Waals surface area contributed by atoms with Gasteiger partial charge in [0.05, 0.1) is 5.25 Å². The summed E-state index contributed by atoms with van der Waals surface area (Å²) in [6.07, 6.45) is 6.66. The van der Waals surface area contributed by atoms with Gasteiger partial charge in [-0.15, -0.1) is 0 Å². The number of carbonyl (C=O) groups excluding carboxylic acids is 1. The summed E-state index contributed by atoms with van der Waals surface area (Å²) in [5.41, 5.74) is 0. The number of nitrogens with zero attached hydrogens (tertiary/aromatic N) is 1. The molecule has 0 aromatic carbocycles. The van der Waals surface area contributed by atoms with E-state index in [0.29, 0.717) is 31.3 Å². The van der Waals surface area contributed by atoms with Crippen LogP contribution in [0.3, 0.4) is 0 Å². The maximum Gasteiger partial charge on any atom is 0.226 e. The van der Waals surface area contributed by atoms with Gasteiger partial charge in [-0.1, -0.05) is 0 Å². The summed E-state index contributed by atoms with van der Waals surface area (Å²) in [7, 11) is -3.00. The topological polar surface area (TPSA) is 54.5 Å². The van der Waals surface area contributed by atoms with Gasteiger partial charge in [-0.3, -0.25) is 4.79 Å². The van der Waals surface area contributed by atoms with Crippen molar-refractivity contribution in [3.63, 3.8) is 0 Å². The van der Waals surface area contributed by atoms with E-state index < -0.39 is 9.84 Å². The summed E-state index contributed by atoms with van der Waals surface area (Å²) in [6, 6.07) is 0. The van der Waals surface area contributed by atoms with Gasteiger partial charge in [-0.25, -0.2) is 8.42 Å². The second-order valence-corrected chi connectivity index (χ2v) is 8.55. The van der Waals surface area contributed by atoms with E-state index in [-0.39, 0.29) is 17.1 Å². The summed E-state index contributed by atoms with van der Waals surface area (Å²) in [6.45, 7) is 1.06. The summed E-state index contributed by atoms with van der Waals surface area (Å²) >= 11 is 0. The highest BCUT2D eigenvalue weighted by Gasteiger charge is 2.48. The summed E-state index contributed by atoms with van der Waals surface area (Å²) in [5, 5.41) is -0.333. The minimum atomic E-state index is -3.00. The number of amides is 1. The molecule has 3 fully saturated rings. The van der Waals surface area contributed by atoms with Crippen LogP contribution in [0.15, 0.2) is 0 Å². The largest absolute Gasteiger partial charge is 0.341 e. The molecule has 1 aliphatic heterocycles. The Balaban J connectivity index is 1.66. The molecule has 102 valence electrons. The number of likely N-dealkylation sites (tertiary alicyclic amines) is 1. The SMILES string of the molecule is CS(=O)(=O)C1CCN(C(=O)C(C2CC2)C2CC2)C1. The Hall–Kier alpha value is -0.580. The van der Waals surface area contributed by atoms with Crippen molar-refractivity contribution in [2.75, 3.05) is 19.3 Å². The van der Waals surface area contributed by atoms with Crippen molar-refractivity contribution in [3.05, 3.63) is 0 Å². The molecular formula is C13H21NO3S. The van der Waals surface area contributed by atoms with Crippen molar-refractivity contribution in [1.82, 2.24) is 4.90 Å². The van der Waals surface area contributed by atoms with Crippen LogP contribution < -0.4 is 0 Å². The number of carbonyl (C=O) groups is 1. The second kappa shape index (κ2) is 4.22. The van der Waals surface area contributed by atoms with Gasteiger partial charge in [-0.2, -0.15) is 0 Å². The second-order valence-electron chi connectivity index (χ2n) is 6.23. The maximum absolute atomic E-state index is 12.5. The summed E-state index contributed by atoms with van der Waals surface area (Å²) in [4.78, 5) is 14.3. The molecule has 0 bridgehead atoms. The fourth-order valence-corrected chi connectivity index (χ4v) is 4.17. The molecule has 0 aromatic rings. The van der Waals surface area contributed by atoms with Gasteiger partial charge < -0.3 is 4.90 Å². The summed E-state index contributed by atoms with van der Waals surface area (Å²) in [5.74, 6) is 1.65. The molecule has 0 radical (unpaired) electrons. The maximum atomic E-state index is 12.5. The predicted molar refractivity (Wildman–Crippen MR) is 68.8 cm³/mol. The number of rotatable bonds is 4. The van der Waals surface area contributed by atoms with E-state index in [4.69, 9.17) is 0 Å². The molecule has 3 aliphatic rings. The molecular weight excluding hydrogens is 250 g/mol. The molecule has 0 N–H and O–H groups in total. The van der Waals surface area contributed by atoms with Gasteiger partial charge in [0.2, 0.25) is 5.91 Å². The molecule has 1 atom stereocenters. The molecule has 5 heteroatoms. The molecule has 0 spiro atoms. The van der Waals surface area contributed by atoms with Crippen LogP contribution in [0, 0.1) is 17.8 Å². The molecule has 4 nitrogen and oxygen atoms in total. The normalized spacial score (nSPS) is 29.0. The van der Waals surface area contributed by atoms with E-state index in [1.165, 1.54) is 31.9 Å². The Kier molecular flexibility index (Phi) is 2.92. The van der Waals surface area contributed by atoms with Gasteiger partial charge in [0, 0.05) is 25.3 Å². The Morgan fingerprint density at radius 1 is 1.11 bits per heavy atom. The first-order valence-corrected chi connectivity index (χ1v) is 8.90. The first kappa shape index (κ1) is 12.5. The third-order valence-electron chi connectivity index (χ3n) is 4.61. The molecule has 1 saturated heterocycles. The van der Waals surface area contributed by atoms with Crippen molar-refractivity contribution in [1.29, 1.82) is 0 Å². The number of hydrogen-bond donors (Lipinski definition) is 0. The van der Waals surface area contributed by atoms with E-state index in [9.17, 15) is 13.2 Å². The summed E-state index contributed by atoms with van der Waals surface area (Å²) < 4.78 is 23.1. The lowest BCUT2D eigenvalue weighted by atomic mass is 9.96. The highest BCUT2D eigenvalue weighted by atomic mass is 32.2. The molecule has 1 unspecified atom stereocenters. The first-order valence-electron chi connectivity index (χ1n) is 6.94. The van der Waals surface area contributed by atoms with Crippen LogP contribution in [0.1, 0.15) is 32.1 Å². The van der Waals surface area contributed by atoms with Gasteiger partial charge >= 0.3 is 0 Å². The van der Waals surface area contributed by atoms with Crippen LogP contribution in [0.4, 0.5) is 0 Å². The molecule has 3 rings (SSSR count). The highest BCUT2D eigenvalue weighted by Crippen LogP contribution is 2.50. The Morgan fingerprint density at radius 3 is 2.06 bits per heavy atom. The zero-order valence-corrected chi connectivity index (χ0v) is 11.7. The zero-order valence-electron chi connectivity index (χ0n) is 10.8. The lowest BCUT2D eigenvalue weighted by Gasteiger charge is -2.23. The van der Waals surface area contributed by atoms with Gasteiger partial charge in [0.25, 0.3) is 0 Å². The van der Waals surface area contributed by atoms with Crippen molar-refractivity contribution in [2.45, 2.75) is 37.4 Å². The van der Waals surface area contributed by atoms with Crippen molar-refractivity contribution in [2.24, 2.45) is 17.8 Å². The lowest BCUT2D eigenvalue weighted by Crippen LogP contribution is -2.37. The van der Waals surface area contributed by atoms with Crippen LogP contribution in [0.25, 0.3) is 0 Å². The van der Waals surface area contributed by atoms with Crippen molar-refractivity contribution in [3.8, 4) is 0 Å². The molecule has 0 aromatic heterocycles. The number of sulfone groups is 1. The predicted octanol–water partition coefficient (Wildman–Crippen LogP) is 1.07. The van der Waals surface area contributed by atoms with E-state index in [1.807, 2.05) is 4.90 Å². The quantitative estimate of drug-likeness (QED) is 0.768. The highest BCUT2D eigenvalue weighted by molar-refractivity contribution is 7.91. The third kappa shape index (κ3) is 2.42. The minimum Gasteiger partial charge on any atom is -0.341 e. The van der Waals surface area contributed by atoms with Gasteiger partial charge in [0.1, 0.15) is 0 Å². The van der Waals surface area contributed by atoms with Crippen molar-refractivity contribution >= 4 is 15.7 Å². The van der Waals surface area contributed by atoms with Crippen LogP contribution in [0.5, 0.6) is 0 Å². The Bertz CT molecular complexity index is 439. The number of hydrogen-bond acceptors (Lipinski definition) is 3. The van der Waals surface area contributed by atoms with E-state index >= 15 is 0 Å². The van der Waals surface area contributed by atoms with E-state index in [1.54, 1.807) is 0 Å². The average molecular weight is 271 g/mol. The van der Waals surface area contributed by atoms with Crippen LogP contribution in [-0.4, -0.2) is 43.8 Å². The molecule has 2 aliphatic carbocycles. The lowest BCUT2D eigenvalue weighted by molar-refractivity contribution is -0.135. The molecule has 1 heterocycles. The fourth-order valence-electron chi connectivity index (χ4n) is 3.19. The molecule has 1 amide bonds. The van der Waals surface area contributed by atoms with E-state index in [0.717, 1.165) is 0 Å². The zero-order chi connectivity index (χ0) is 12.9. The van der Waals surface area contributed by atoms with Gasteiger partial charge in [-0.05, 0) is 43.9 Å².